The van der Waals surface area contributed by atoms with Gasteiger partial charge < -0.3 is 10.2 Å². The van der Waals surface area contributed by atoms with E-state index in [2.05, 4.69) is 71.3 Å². The van der Waals surface area contributed by atoms with Crippen molar-refractivity contribution in [2.75, 3.05) is 20.1 Å². The van der Waals surface area contributed by atoms with Crippen molar-refractivity contribution in [3.05, 3.63) is 34.3 Å². The molecule has 102 valence electrons. The molecule has 3 heteroatoms. The van der Waals surface area contributed by atoms with Crippen molar-refractivity contribution in [3.8, 4) is 0 Å². The lowest BCUT2D eigenvalue weighted by molar-refractivity contribution is 0.316. The maximum absolute atomic E-state index is 3.59. The van der Waals surface area contributed by atoms with Crippen LogP contribution in [-0.4, -0.2) is 31.1 Å². The average molecular weight is 313 g/mol. The molecule has 2 nitrogen and oxygen atoms in total. The average Bonchev–Trinajstić information content (AvgIpc) is 2.32. The van der Waals surface area contributed by atoms with Gasteiger partial charge in [0.15, 0.2) is 0 Å². The molecule has 1 aromatic carbocycles. The van der Waals surface area contributed by atoms with Crippen LogP contribution in [0, 0.1) is 0 Å². The first-order chi connectivity index (χ1) is 8.63. The standard InChI is InChI=1S/C15H25BrN2/c1-4-7-13(2)17-10-11-18(3)12-14-8-5-6-9-15(14)16/h5-6,8-9,13,17H,4,7,10-12H2,1-3H3. The molecule has 0 fully saturated rings. The molecule has 0 bridgehead atoms. The molecule has 18 heavy (non-hydrogen) atoms. The normalized spacial score (nSPS) is 12.9. The van der Waals surface area contributed by atoms with Gasteiger partial charge in [-0.05, 0) is 32.0 Å². The molecule has 1 unspecified atom stereocenters. The van der Waals surface area contributed by atoms with Gasteiger partial charge in [-0.1, -0.05) is 47.5 Å². The fraction of sp³-hybridized carbons (Fsp3) is 0.600. The van der Waals surface area contributed by atoms with Crippen molar-refractivity contribution in [2.45, 2.75) is 39.3 Å². The molecule has 0 aliphatic heterocycles. The maximum Gasteiger partial charge on any atom is 0.0242 e. The first-order valence-electron chi connectivity index (χ1n) is 6.78. The highest BCUT2D eigenvalue weighted by atomic mass is 79.9. The van der Waals surface area contributed by atoms with E-state index >= 15 is 0 Å². The minimum absolute atomic E-state index is 0.631. The van der Waals surface area contributed by atoms with Crippen molar-refractivity contribution >= 4 is 15.9 Å². The summed E-state index contributed by atoms with van der Waals surface area (Å²) < 4.78 is 1.20. The summed E-state index contributed by atoms with van der Waals surface area (Å²) in [6.45, 7) is 7.62. The van der Waals surface area contributed by atoms with Gasteiger partial charge in [-0.2, -0.15) is 0 Å². The monoisotopic (exact) mass is 312 g/mol. The van der Waals surface area contributed by atoms with E-state index in [1.54, 1.807) is 0 Å². The van der Waals surface area contributed by atoms with Gasteiger partial charge in [0.1, 0.15) is 0 Å². The van der Waals surface area contributed by atoms with Gasteiger partial charge in [-0.15, -0.1) is 0 Å². The number of benzene rings is 1. The summed E-state index contributed by atoms with van der Waals surface area (Å²) >= 11 is 3.59. The second kappa shape index (κ2) is 8.68. The maximum atomic E-state index is 3.59. The number of nitrogens with one attached hydrogen (secondary N) is 1. The fourth-order valence-electron chi connectivity index (χ4n) is 2.03. The highest BCUT2D eigenvalue weighted by molar-refractivity contribution is 9.10. The van der Waals surface area contributed by atoms with E-state index in [1.165, 1.54) is 22.9 Å². The van der Waals surface area contributed by atoms with Crippen molar-refractivity contribution in [1.29, 1.82) is 0 Å². The van der Waals surface area contributed by atoms with E-state index in [4.69, 9.17) is 0 Å². The van der Waals surface area contributed by atoms with Crippen LogP contribution in [-0.2, 0) is 6.54 Å². The van der Waals surface area contributed by atoms with E-state index in [9.17, 15) is 0 Å². The van der Waals surface area contributed by atoms with Crippen LogP contribution in [0.5, 0.6) is 0 Å². The second-order valence-corrected chi connectivity index (χ2v) is 5.83. The quantitative estimate of drug-likeness (QED) is 0.788. The molecule has 1 atom stereocenters. The van der Waals surface area contributed by atoms with Crippen LogP contribution in [0.3, 0.4) is 0 Å². The van der Waals surface area contributed by atoms with E-state index in [-0.39, 0.29) is 0 Å². The Kier molecular flexibility index (Phi) is 7.56. The van der Waals surface area contributed by atoms with Crippen LogP contribution in [0.15, 0.2) is 28.7 Å². The molecule has 0 amide bonds. The zero-order valence-corrected chi connectivity index (χ0v) is 13.3. The van der Waals surface area contributed by atoms with Crippen molar-refractivity contribution in [1.82, 2.24) is 10.2 Å². The summed E-state index contributed by atoms with van der Waals surface area (Å²) in [5.74, 6) is 0. The Morgan fingerprint density at radius 3 is 2.72 bits per heavy atom. The fourth-order valence-corrected chi connectivity index (χ4v) is 2.44. The Balaban J connectivity index is 2.26. The summed E-state index contributed by atoms with van der Waals surface area (Å²) in [5, 5.41) is 3.56. The number of hydrogen-bond donors (Lipinski definition) is 1. The summed E-state index contributed by atoms with van der Waals surface area (Å²) in [4.78, 5) is 2.35. The summed E-state index contributed by atoms with van der Waals surface area (Å²) in [6.07, 6.45) is 2.51. The Labute approximate surface area is 120 Å². The lowest BCUT2D eigenvalue weighted by atomic mass is 10.2. The Bertz CT molecular complexity index is 341. The minimum Gasteiger partial charge on any atom is -0.313 e. The Hall–Kier alpha value is -0.380. The summed E-state index contributed by atoms with van der Waals surface area (Å²) in [5.41, 5.74) is 1.35. The van der Waals surface area contributed by atoms with Gasteiger partial charge in [0.25, 0.3) is 0 Å². The molecule has 0 radical (unpaired) electrons. The van der Waals surface area contributed by atoms with E-state index < -0.39 is 0 Å². The molecule has 0 spiro atoms. The predicted octanol–water partition coefficient (Wildman–Crippen LogP) is 3.66. The van der Waals surface area contributed by atoms with Crippen LogP contribution in [0.1, 0.15) is 32.3 Å². The molecule has 0 saturated carbocycles. The zero-order chi connectivity index (χ0) is 13.4. The van der Waals surface area contributed by atoms with Gasteiger partial charge in [-0.25, -0.2) is 0 Å². The highest BCUT2D eigenvalue weighted by Gasteiger charge is 2.04. The molecule has 0 saturated heterocycles. The highest BCUT2D eigenvalue weighted by Crippen LogP contribution is 2.16. The third kappa shape index (κ3) is 5.98. The first-order valence-corrected chi connectivity index (χ1v) is 7.58. The topological polar surface area (TPSA) is 15.3 Å². The van der Waals surface area contributed by atoms with E-state index in [0.717, 1.165) is 19.6 Å². The van der Waals surface area contributed by atoms with Crippen LogP contribution in [0.2, 0.25) is 0 Å². The number of halogens is 1. The lowest BCUT2D eigenvalue weighted by Gasteiger charge is -2.19. The van der Waals surface area contributed by atoms with Gasteiger partial charge >= 0.3 is 0 Å². The second-order valence-electron chi connectivity index (χ2n) is 4.97. The van der Waals surface area contributed by atoms with Gasteiger partial charge in [0, 0.05) is 30.1 Å². The predicted molar refractivity (Wildman–Crippen MR) is 82.8 cm³/mol. The van der Waals surface area contributed by atoms with Crippen LogP contribution in [0.25, 0.3) is 0 Å². The van der Waals surface area contributed by atoms with Gasteiger partial charge in [0.2, 0.25) is 0 Å². The molecule has 1 rings (SSSR count). The number of nitrogens with zero attached hydrogens (tertiary/aromatic N) is 1. The van der Waals surface area contributed by atoms with Gasteiger partial charge in [0.05, 0.1) is 0 Å². The molecule has 0 aromatic heterocycles. The number of rotatable bonds is 8. The van der Waals surface area contributed by atoms with Crippen LogP contribution >= 0.6 is 15.9 Å². The lowest BCUT2D eigenvalue weighted by Crippen LogP contribution is -2.34. The minimum atomic E-state index is 0.631. The number of hydrogen-bond acceptors (Lipinski definition) is 2. The third-order valence-corrected chi connectivity index (χ3v) is 3.88. The molecule has 0 aliphatic rings. The molecule has 0 aliphatic carbocycles. The molecule has 0 heterocycles. The molecule has 1 aromatic rings. The Morgan fingerprint density at radius 2 is 2.06 bits per heavy atom. The molecule has 1 N–H and O–H groups in total. The SMILES string of the molecule is CCCC(C)NCCN(C)Cc1ccccc1Br. The largest absolute Gasteiger partial charge is 0.313 e. The third-order valence-electron chi connectivity index (χ3n) is 3.11. The Morgan fingerprint density at radius 1 is 1.33 bits per heavy atom. The van der Waals surface area contributed by atoms with E-state index in [1.807, 2.05) is 0 Å². The van der Waals surface area contributed by atoms with Crippen molar-refractivity contribution in [3.63, 3.8) is 0 Å². The number of likely N-dealkylation sites (N-methyl/N-ethyl adjacent to an activating group) is 1. The summed E-state index contributed by atoms with van der Waals surface area (Å²) in [7, 11) is 2.17. The van der Waals surface area contributed by atoms with Crippen molar-refractivity contribution < 1.29 is 0 Å². The van der Waals surface area contributed by atoms with Crippen LogP contribution in [0.4, 0.5) is 0 Å². The first kappa shape index (κ1) is 15.7. The molecular formula is C15H25BrN2. The van der Waals surface area contributed by atoms with Crippen LogP contribution < -0.4 is 5.32 Å². The zero-order valence-electron chi connectivity index (χ0n) is 11.7. The van der Waals surface area contributed by atoms with Crippen molar-refractivity contribution in [2.24, 2.45) is 0 Å². The summed E-state index contributed by atoms with van der Waals surface area (Å²) in [6, 6.07) is 9.06. The van der Waals surface area contributed by atoms with Gasteiger partial charge in [-0.3, -0.25) is 0 Å². The smallest absolute Gasteiger partial charge is 0.0242 e. The molecular weight excluding hydrogens is 288 g/mol. The van der Waals surface area contributed by atoms with E-state index in [0.29, 0.717) is 6.04 Å².